The van der Waals surface area contributed by atoms with E-state index in [0.29, 0.717) is 6.54 Å². The smallest absolute Gasteiger partial charge is 0.323 e. The number of benzene rings is 1. The van der Waals surface area contributed by atoms with Gasteiger partial charge in [0.15, 0.2) is 0 Å². The van der Waals surface area contributed by atoms with Crippen molar-refractivity contribution in [2.75, 3.05) is 13.7 Å². The SMILES string of the molecule is COC(=O)[C@@H]1CCCCN1Cc1csc(Cc2ccc(Cl)cc2)n1. The first kappa shape index (κ1) is 17.4. The molecule has 128 valence electrons. The zero-order chi connectivity index (χ0) is 16.9. The maximum atomic E-state index is 11.9. The summed E-state index contributed by atoms with van der Waals surface area (Å²) in [6.07, 6.45) is 3.88. The van der Waals surface area contributed by atoms with Crippen LogP contribution in [0.2, 0.25) is 5.02 Å². The second-order valence-electron chi connectivity index (χ2n) is 6.04. The van der Waals surface area contributed by atoms with Crippen LogP contribution in [0, 0.1) is 0 Å². The van der Waals surface area contributed by atoms with Crippen molar-refractivity contribution in [3.63, 3.8) is 0 Å². The number of hydrogen-bond acceptors (Lipinski definition) is 5. The van der Waals surface area contributed by atoms with E-state index in [1.165, 1.54) is 12.7 Å². The highest BCUT2D eigenvalue weighted by Crippen LogP contribution is 2.22. The van der Waals surface area contributed by atoms with Gasteiger partial charge >= 0.3 is 5.97 Å². The highest BCUT2D eigenvalue weighted by molar-refractivity contribution is 7.09. The maximum Gasteiger partial charge on any atom is 0.323 e. The molecule has 1 saturated heterocycles. The van der Waals surface area contributed by atoms with E-state index in [9.17, 15) is 4.79 Å². The summed E-state index contributed by atoms with van der Waals surface area (Å²) in [5.41, 5.74) is 2.23. The third kappa shape index (κ3) is 4.35. The van der Waals surface area contributed by atoms with Crippen LogP contribution < -0.4 is 0 Å². The summed E-state index contributed by atoms with van der Waals surface area (Å²) in [6, 6.07) is 7.73. The Labute approximate surface area is 151 Å². The van der Waals surface area contributed by atoms with E-state index >= 15 is 0 Å². The number of ether oxygens (including phenoxy) is 1. The van der Waals surface area contributed by atoms with Gasteiger partial charge in [0.05, 0.1) is 17.8 Å². The minimum Gasteiger partial charge on any atom is -0.468 e. The van der Waals surface area contributed by atoms with Gasteiger partial charge in [-0.05, 0) is 37.1 Å². The Kier molecular flexibility index (Phi) is 5.87. The molecule has 4 nitrogen and oxygen atoms in total. The van der Waals surface area contributed by atoms with Crippen molar-refractivity contribution in [3.8, 4) is 0 Å². The largest absolute Gasteiger partial charge is 0.468 e. The Hall–Kier alpha value is -1.43. The zero-order valence-corrected chi connectivity index (χ0v) is 15.3. The Bertz CT molecular complexity index is 687. The van der Waals surface area contributed by atoms with Crippen LogP contribution in [0.4, 0.5) is 0 Å². The molecule has 6 heteroatoms. The van der Waals surface area contributed by atoms with E-state index in [2.05, 4.69) is 10.3 Å². The molecular formula is C18H21ClN2O2S. The Morgan fingerprint density at radius 2 is 2.17 bits per heavy atom. The first-order chi connectivity index (χ1) is 11.7. The average molecular weight is 365 g/mol. The summed E-state index contributed by atoms with van der Waals surface area (Å²) in [6.45, 7) is 1.63. The van der Waals surface area contributed by atoms with Crippen molar-refractivity contribution in [2.45, 2.75) is 38.3 Å². The first-order valence-corrected chi connectivity index (χ1v) is 9.41. The van der Waals surface area contributed by atoms with Crippen LogP contribution in [0.5, 0.6) is 0 Å². The standard InChI is InChI=1S/C18H21ClN2O2S/c1-23-18(22)16-4-2-3-9-21(16)11-15-12-24-17(20-15)10-13-5-7-14(19)8-6-13/h5-8,12,16H,2-4,9-11H2,1H3/t16-/m0/s1. The number of methoxy groups -OCH3 is 1. The molecular weight excluding hydrogens is 344 g/mol. The minimum absolute atomic E-state index is 0.133. The van der Waals surface area contributed by atoms with Gasteiger partial charge in [-0.15, -0.1) is 11.3 Å². The van der Waals surface area contributed by atoms with Crippen molar-refractivity contribution < 1.29 is 9.53 Å². The van der Waals surface area contributed by atoms with Gasteiger partial charge in [-0.1, -0.05) is 30.2 Å². The molecule has 2 heterocycles. The monoisotopic (exact) mass is 364 g/mol. The number of piperidine rings is 1. The molecule has 1 aliphatic heterocycles. The van der Waals surface area contributed by atoms with E-state index in [4.69, 9.17) is 21.3 Å². The molecule has 1 atom stereocenters. The number of aromatic nitrogens is 1. The summed E-state index contributed by atoms with van der Waals surface area (Å²) < 4.78 is 4.94. The van der Waals surface area contributed by atoms with Crippen molar-refractivity contribution in [2.24, 2.45) is 0 Å². The summed E-state index contributed by atoms with van der Waals surface area (Å²) in [5.74, 6) is -0.133. The molecule has 0 bridgehead atoms. The number of hydrogen-bond donors (Lipinski definition) is 0. The number of carbonyl (C=O) groups excluding carboxylic acids is 1. The van der Waals surface area contributed by atoms with E-state index < -0.39 is 0 Å². The molecule has 2 aromatic rings. The Morgan fingerprint density at radius 3 is 2.92 bits per heavy atom. The molecule has 0 radical (unpaired) electrons. The van der Waals surface area contributed by atoms with Crippen LogP contribution in [0.1, 0.15) is 35.5 Å². The normalized spacial score (nSPS) is 18.5. The number of esters is 1. The molecule has 1 aromatic heterocycles. The molecule has 0 saturated carbocycles. The van der Waals surface area contributed by atoms with Gasteiger partial charge in [-0.2, -0.15) is 0 Å². The molecule has 1 aliphatic rings. The lowest BCUT2D eigenvalue weighted by Crippen LogP contribution is -2.44. The van der Waals surface area contributed by atoms with Crippen molar-refractivity contribution in [1.29, 1.82) is 0 Å². The average Bonchev–Trinajstić information content (AvgIpc) is 3.04. The first-order valence-electron chi connectivity index (χ1n) is 8.15. The van der Waals surface area contributed by atoms with Crippen molar-refractivity contribution >= 4 is 28.9 Å². The van der Waals surface area contributed by atoms with Crippen LogP contribution >= 0.6 is 22.9 Å². The number of halogens is 1. The van der Waals surface area contributed by atoms with Gasteiger partial charge in [-0.3, -0.25) is 9.69 Å². The Morgan fingerprint density at radius 1 is 1.38 bits per heavy atom. The molecule has 1 aromatic carbocycles. The number of nitrogens with zero attached hydrogens (tertiary/aromatic N) is 2. The molecule has 0 amide bonds. The van der Waals surface area contributed by atoms with Gasteiger partial charge < -0.3 is 4.74 Å². The fourth-order valence-electron chi connectivity index (χ4n) is 3.07. The lowest BCUT2D eigenvalue weighted by Gasteiger charge is -2.33. The van der Waals surface area contributed by atoms with E-state index in [1.54, 1.807) is 11.3 Å². The summed E-state index contributed by atoms with van der Waals surface area (Å²) in [7, 11) is 1.46. The highest BCUT2D eigenvalue weighted by Gasteiger charge is 2.29. The van der Waals surface area contributed by atoms with E-state index in [0.717, 1.165) is 48.0 Å². The van der Waals surface area contributed by atoms with Crippen LogP contribution in [-0.2, 0) is 22.5 Å². The third-order valence-electron chi connectivity index (χ3n) is 4.32. The Balaban J connectivity index is 1.64. The topological polar surface area (TPSA) is 42.4 Å². The lowest BCUT2D eigenvalue weighted by atomic mass is 10.0. The van der Waals surface area contributed by atoms with Crippen molar-refractivity contribution in [1.82, 2.24) is 9.88 Å². The minimum atomic E-state index is -0.134. The maximum absolute atomic E-state index is 11.9. The highest BCUT2D eigenvalue weighted by atomic mass is 35.5. The van der Waals surface area contributed by atoms with Crippen LogP contribution in [-0.4, -0.2) is 35.5 Å². The predicted octanol–water partition coefficient (Wildman–Crippen LogP) is 3.91. The van der Waals surface area contributed by atoms with Gasteiger partial charge in [0, 0.05) is 23.4 Å². The number of likely N-dealkylation sites (tertiary alicyclic amines) is 1. The van der Waals surface area contributed by atoms with Gasteiger partial charge in [0.2, 0.25) is 0 Å². The number of carbonyl (C=O) groups is 1. The molecule has 24 heavy (non-hydrogen) atoms. The van der Waals surface area contributed by atoms with E-state index in [-0.39, 0.29) is 12.0 Å². The number of thiazole rings is 1. The van der Waals surface area contributed by atoms with Gasteiger partial charge in [0.25, 0.3) is 0 Å². The van der Waals surface area contributed by atoms with Crippen LogP contribution in [0.25, 0.3) is 0 Å². The summed E-state index contributed by atoms with van der Waals surface area (Å²) >= 11 is 7.59. The zero-order valence-electron chi connectivity index (χ0n) is 13.7. The predicted molar refractivity (Wildman–Crippen MR) is 96.4 cm³/mol. The van der Waals surface area contributed by atoms with Gasteiger partial charge in [0.1, 0.15) is 6.04 Å². The lowest BCUT2D eigenvalue weighted by molar-refractivity contribution is -0.148. The molecule has 0 unspecified atom stereocenters. The quantitative estimate of drug-likeness (QED) is 0.754. The third-order valence-corrected chi connectivity index (χ3v) is 5.47. The molecule has 0 spiro atoms. The molecule has 1 fully saturated rings. The fraction of sp³-hybridized carbons (Fsp3) is 0.444. The van der Waals surface area contributed by atoms with Crippen molar-refractivity contribution in [3.05, 3.63) is 50.9 Å². The fourth-order valence-corrected chi connectivity index (χ4v) is 4.02. The second kappa shape index (κ2) is 8.10. The van der Waals surface area contributed by atoms with E-state index in [1.807, 2.05) is 24.3 Å². The number of rotatable bonds is 5. The van der Waals surface area contributed by atoms with Crippen LogP contribution in [0.15, 0.2) is 29.6 Å². The molecule has 3 rings (SSSR count). The molecule has 0 aliphatic carbocycles. The van der Waals surface area contributed by atoms with Gasteiger partial charge in [-0.25, -0.2) is 4.98 Å². The summed E-state index contributed by atoms with van der Waals surface area (Å²) in [5, 5.41) is 3.92. The summed E-state index contributed by atoms with van der Waals surface area (Å²) in [4.78, 5) is 18.9. The van der Waals surface area contributed by atoms with Crippen LogP contribution in [0.3, 0.4) is 0 Å². The molecule has 0 N–H and O–H groups in total. The second-order valence-corrected chi connectivity index (χ2v) is 7.42.